The summed E-state index contributed by atoms with van der Waals surface area (Å²) in [5.41, 5.74) is 5.69. The number of halogens is 2. The average molecular weight is 596 g/mol. The van der Waals surface area contributed by atoms with Gasteiger partial charge >= 0.3 is 0 Å². The van der Waals surface area contributed by atoms with Crippen LogP contribution in [-0.2, 0) is 23.8 Å². The van der Waals surface area contributed by atoms with E-state index in [0.717, 1.165) is 32.3 Å². The highest BCUT2D eigenvalue weighted by atomic mass is 35.5. The summed E-state index contributed by atoms with van der Waals surface area (Å²) in [6.07, 6.45) is 9.23. The molecule has 0 fully saturated rings. The molecule has 0 aliphatic heterocycles. The lowest BCUT2D eigenvalue weighted by molar-refractivity contribution is -0.119. The van der Waals surface area contributed by atoms with Gasteiger partial charge in [-0.15, -0.1) is 11.6 Å². The van der Waals surface area contributed by atoms with Crippen LogP contribution in [0.15, 0.2) is 64.6 Å². The highest BCUT2D eigenvalue weighted by molar-refractivity contribution is 7.99. The molecule has 6 heteroatoms. The number of amides is 1. The van der Waals surface area contributed by atoms with Crippen LogP contribution in [0.3, 0.4) is 0 Å². The second kappa shape index (κ2) is 22.9. The van der Waals surface area contributed by atoms with Gasteiger partial charge in [-0.05, 0) is 60.2 Å². The number of hydrogen-bond donors (Lipinski definition) is 1. The van der Waals surface area contributed by atoms with Crippen molar-refractivity contribution in [2.75, 3.05) is 0 Å². The van der Waals surface area contributed by atoms with E-state index in [1.165, 1.54) is 12.0 Å². The van der Waals surface area contributed by atoms with E-state index in [-0.39, 0.29) is 11.8 Å². The number of hydrogen-bond acceptors (Lipinski definition) is 2. The van der Waals surface area contributed by atoms with Crippen LogP contribution in [0.4, 0.5) is 0 Å². The fourth-order valence-corrected chi connectivity index (χ4v) is 5.57. The highest BCUT2D eigenvalue weighted by Crippen LogP contribution is 2.41. The van der Waals surface area contributed by atoms with Crippen molar-refractivity contribution in [3.05, 3.63) is 82.1 Å². The van der Waals surface area contributed by atoms with Crippen molar-refractivity contribution in [1.29, 1.82) is 0 Å². The van der Waals surface area contributed by atoms with E-state index in [2.05, 4.69) is 63.2 Å². The molecular formula is C33H52Cl2N2OS. The van der Waals surface area contributed by atoms with Crippen LogP contribution in [0.25, 0.3) is 0 Å². The first-order valence-electron chi connectivity index (χ1n) is 14.1. The van der Waals surface area contributed by atoms with E-state index in [1.807, 2.05) is 65.0 Å². The Kier molecular flexibility index (Phi) is 23.0. The van der Waals surface area contributed by atoms with Crippen LogP contribution in [0.1, 0.15) is 104 Å². The first-order chi connectivity index (χ1) is 18.6. The molecule has 0 aliphatic carbocycles. The molecule has 2 rings (SSSR count). The average Bonchev–Trinajstić information content (AvgIpc) is 3.15. The first kappa shape index (κ1) is 39.3. The van der Waals surface area contributed by atoms with Gasteiger partial charge in [-0.1, -0.05) is 116 Å². The molecule has 0 saturated carbocycles. The lowest BCUT2D eigenvalue weighted by Crippen LogP contribution is -2.20. The van der Waals surface area contributed by atoms with Crippen molar-refractivity contribution in [1.82, 2.24) is 9.88 Å². The van der Waals surface area contributed by atoms with Crippen molar-refractivity contribution >= 4 is 40.9 Å². The summed E-state index contributed by atoms with van der Waals surface area (Å²) in [6, 6.07) is 5.95. The van der Waals surface area contributed by atoms with Crippen LogP contribution in [0, 0.1) is 6.92 Å². The van der Waals surface area contributed by atoms with Crippen molar-refractivity contribution in [3.63, 3.8) is 0 Å². The summed E-state index contributed by atoms with van der Waals surface area (Å²) in [5, 5.41) is 4.81. The lowest BCUT2D eigenvalue weighted by atomic mass is 10.0. The summed E-state index contributed by atoms with van der Waals surface area (Å²) < 4.78 is 2.33. The molecule has 1 aromatic carbocycles. The molecule has 0 aliphatic rings. The number of nitrogens with zero attached hydrogens (tertiary/aromatic N) is 1. The Morgan fingerprint density at radius 3 is 2.21 bits per heavy atom. The Labute approximate surface area is 254 Å². The number of carbonyl (C=O) groups is 1. The second-order valence-electron chi connectivity index (χ2n) is 8.65. The molecule has 0 unspecified atom stereocenters. The maximum atomic E-state index is 11.7. The molecule has 0 saturated heterocycles. The monoisotopic (exact) mass is 594 g/mol. The van der Waals surface area contributed by atoms with E-state index in [0.29, 0.717) is 24.0 Å². The minimum atomic E-state index is -0.0381. The topological polar surface area (TPSA) is 34.0 Å². The van der Waals surface area contributed by atoms with Gasteiger partial charge in [0.05, 0.1) is 5.03 Å². The predicted molar refractivity (Wildman–Crippen MR) is 178 cm³/mol. The van der Waals surface area contributed by atoms with Crippen molar-refractivity contribution in [2.24, 2.45) is 0 Å². The Hall–Kier alpha value is -1.88. The maximum absolute atomic E-state index is 11.7. The van der Waals surface area contributed by atoms with Gasteiger partial charge in [-0.25, -0.2) is 0 Å². The van der Waals surface area contributed by atoms with E-state index < -0.39 is 0 Å². The molecule has 39 heavy (non-hydrogen) atoms. The molecule has 0 radical (unpaired) electrons. The van der Waals surface area contributed by atoms with E-state index >= 15 is 0 Å². The van der Waals surface area contributed by atoms with E-state index in [4.69, 9.17) is 23.2 Å². The van der Waals surface area contributed by atoms with Crippen LogP contribution in [0.5, 0.6) is 0 Å². The second-order valence-corrected chi connectivity index (χ2v) is 10.4. The van der Waals surface area contributed by atoms with Crippen LogP contribution in [-0.4, -0.2) is 10.5 Å². The predicted octanol–water partition coefficient (Wildman–Crippen LogP) is 11.3. The molecule has 1 N–H and O–H groups in total. The summed E-state index contributed by atoms with van der Waals surface area (Å²) in [7, 11) is 0. The lowest BCUT2D eigenvalue weighted by Gasteiger charge is -2.15. The number of aromatic nitrogens is 1. The van der Waals surface area contributed by atoms with Gasteiger partial charge in [0.25, 0.3) is 0 Å². The number of nitrogens with one attached hydrogen (secondary N) is 1. The fraction of sp³-hybridized carbons (Fsp3) is 0.485. The Morgan fingerprint density at radius 1 is 1.15 bits per heavy atom. The zero-order chi connectivity index (χ0) is 30.5. The summed E-state index contributed by atoms with van der Waals surface area (Å²) >= 11 is 14.1. The fourth-order valence-electron chi connectivity index (χ4n) is 3.69. The minimum absolute atomic E-state index is 0.0381. The van der Waals surface area contributed by atoms with Crippen molar-refractivity contribution in [2.45, 2.75) is 117 Å². The maximum Gasteiger partial charge on any atom is 0.217 e. The zero-order valence-electron chi connectivity index (χ0n) is 26.2. The Bertz CT molecular complexity index is 1050. The third kappa shape index (κ3) is 13.8. The SMILES string of the molecule is C=C/C=C(\C=C/C)Cn1c(C)c(CNC(C)=O)c(C(C)C)c1Sc1cc(Cl)cc(CCl)c1.CC.CC.CCC. The molecule has 3 nitrogen and oxygen atoms in total. The molecule has 0 bridgehead atoms. The zero-order valence-corrected chi connectivity index (χ0v) is 28.5. The smallest absolute Gasteiger partial charge is 0.217 e. The number of carbonyl (C=O) groups excluding carboxylic acids is 1. The number of rotatable bonds is 10. The summed E-state index contributed by atoms with van der Waals surface area (Å²) in [5.74, 6) is 0.650. The van der Waals surface area contributed by atoms with Gasteiger partial charge in [0.2, 0.25) is 5.91 Å². The van der Waals surface area contributed by atoms with Crippen LogP contribution >= 0.6 is 35.0 Å². The number of alkyl halides is 1. The van der Waals surface area contributed by atoms with Gasteiger partial charge in [0, 0.05) is 41.5 Å². The first-order valence-corrected chi connectivity index (χ1v) is 15.8. The Balaban J connectivity index is 0. The minimum Gasteiger partial charge on any atom is -0.352 e. The van der Waals surface area contributed by atoms with E-state index in [1.54, 1.807) is 18.7 Å². The summed E-state index contributed by atoms with van der Waals surface area (Å²) in [6.45, 7) is 27.4. The van der Waals surface area contributed by atoms with Gasteiger partial charge < -0.3 is 9.88 Å². The largest absolute Gasteiger partial charge is 0.352 e. The number of allylic oxidation sites excluding steroid dienone is 5. The third-order valence-corrected chi connectivity index (χ3v) is 6.72. The molecule has 1 aromatic heterocycles. The van der Waals surface area contributed by atoms with Gasteiger partial charge in [-0.2, -0.15) is 0 Å². The molecule has 2 aromatic rings. The molecule has 0 spiro atoms. The van der Waals surface area contributed by atoms with Gasteiger partial charge in [0.15, 0.2) is 0 Å². The molecule has 0 atom stereocenters. The van der Waals surface area contributed by atoms with E-state index in [9.17, 15) is 4.79 Å². The van der Waals surface area contributed by atoms with Crippen LogP contribution < -0.4 is 5.32 Å². The molecule has 220 valence electrons. The quantitative estimate of drug-likeness (QED) is 0.219. The molecule has 1 heterocycles. The summed E-state index contributed by atoms with van der Waals surface area (Å²) in [4.78, 5) is 12.7. The van der Waals surface area contributed by atoms with Crippen molar-refractivity contribution in [3.8, 4) is 0 Å². The van der Waals surface area contributed by atoms with Gasteiger partial charge in [-0.3, -0.25) is 4.79 Å². The molecule has 1 amide bonds. The standard InChI is InChI=1S/C26H32Cl2N2OS.C3H8.2C2H6/c1-7-9-20(10-8-2)16-30-18(5)24(15-29-19(6)31)25(17(3)4)26(30)32-23-12-21(14-27)11-22(28)13-23;1-3-2;2*1-2/h7-13,17H,1,14-16H2,2-6H3,(H,29,31);3H2,1-2H3;2*1-2H3/b10-8-,20-9+;;;. The van der Waals surface area contributed by atoms with Gasteiger partial charge in [0.1, 0.15) is 0 Å². The Morgan fingerprint density at radius 2 is 1.74 bits per heavy atom. The highest BCUT2D eigenvalue weighted by Gasteiger charge is 2.24. The molecular weight excluding hydrogens is 543 g/mol. The number of benzene rings is 1. The normalized spacial score (nSPS) is 10.7. The third-order valence-electron chi connectivity index (χ3n) is 5.09. The van der Waals surface area contributed by atoms with Crippen LogP contribution in [0.2, 0.25) is 5.02 Å². The van der Waals surface area contributed by atoms with Crippen molar-refractivity contribution < 1.29 is 4.79 Å².